The summed E-state index contributed by atoms with van der Waals surface area (Å²) in [7, 11) is 0. The molecule has 3 rings (SSSR count). The second-order valence-electron chi connectivity index (χ2n) is 4.60. The first-order valence-corrected chi connectivity index (χ1v) is 7.70. The lowest BCUT2D eigenvalue weighted by atomic mass is 10.3. The quantitative estimate of drug-likeness (QED) is 0.565. The molecule has 8 nitrogen and oxygen atoms in total. The summed E-state index contributed by atoms with van der Waals surface area (Å²) >= 11 is 1.32. The van der Waals surface area contributed by atoms with Crippen LogP contribution in [-0.4, -0.2) is 36.4 Å². The Morgan fingerprint density at radius 2 is 2.32 bits per heavy atom. The van der Waals surface area contributed by atoms with E-state index < -0.39 is 0 Å². The van der Waals surface area contributed by atoms with Crippen LogP contribution in [-0.2, 0) is 11.2 Å². The topological polar surface area (TPSA) is 98.2 Å². The zero-order valence-electron chi connectivity index (χ0n) is 12.1. The number of hydrogen-bond acceptors (Lipinski definition) is 7. The van der Waals surface area contributed by atoms with Gasteiger partial charge in [-0.25, -0.2) is 4.98 Å². The number of fused-ring (bicyclic) bond motifs is 1. The summed E-state index contributed by atoms with van der Waals surface area (Å²) in [6.45, 7) is 3.78. The summed E-state index contributed by atoms with van der Waals surface area (Å²) in [4.78, 5) is 16.4. The fourth-order valence-electron chi connectivity index (χ4n) is 1.87. The van der Waals surface area contributed by atoms with Crippen LogP contribution in [0.4, 0.5) is 5.82 Å². The molecule has 0 aliphatic rings. The van der Waals surface area contributed by atoms with E-state index in [9.17, 15) is 4.79 Å². The van der Waals surface area contributed by atoms with E-state index >= 15 is 0 Å². The highest BCUT2D eigenvalue weighted by molar-refractivity contribution is 7.99. The van der Waals surface area contributed by atoms with E-state index in [1.165, 1.54) is 11.8 Å². The number of nitrogens with one attached hydrogen (secondary N) is 1. The summed E-state index contributed by atoms with van der Waals surface area (Å²) < 4.78 is 6.66. The number of aromatic nitrogens is 5. The molecule has 22 heavy (non-hydrogen) atoms. The van der Waals surface area contributed by atoms with Crippen LogP contribution < -0.4 is 5.32 Å². The monoisotopic (exact) mass is 318 g/mol. The molecule has 0 spiro atoms. The van der Waals surface area contributed by atoms with E-state index in [4.69, 9.17) is 4.52 Å². The van der Waals surface area contributed by atoms with E-state index in [0.717, 1.165) is 17.8 Å². The van der Waals surface area contributed by atoms with Crippen LogP contribution in [0.2, 0.25) is 0 Å². The highest BCUT2D eigenvalue weighted by Gasteiger charge is 2.11. The first kappa shape index (κ1) is 14.5. The van der Waals surface area contributed by atoms with Crippen molar-refractivity contribution in [1.82, 2.24) is 24.7 Å². The SMILES string of the molecule is CCc1cc2nncn2c(SCC(=O)Nc2cc(C)on2)n1. The molecule has 3 heterocycles. The smallest absolute Gasteiger partial charge is 0.236 e. The fraction of sp³-hybridized carbons (Fsp3) is 0.308. The number of rotatable bonds is 5. The highest BCUT2D eigenvalue weighted by atomic mass is 32.2. The van der Waals surface area contributed by atoms with E-state index in [-0.39, 0.29) is 11.7 Å². The zero-order valence-corrected chi connectivity index (χ0v) is 12.9. The maximum Gasteiger partial charge on any atom is 0.236 e. The minimum atomic E-state index is -0.178. The third kappa shape index (κ3) is 3.08. The Morgan fingerprint density at radius 3 is 3.05 bits per heavy atom. The molecule has 0 bridgehead atoms. The molecule has 1 amide bonds. The lowest BCUT2D eigenvalue weighted by molar-refractivity contribution is -0.113. The largest absolute Gasteiger partial charge is 0.360 e. The lowest BCUT2D eigenvalue weighted by Crippen LogP contribution is -2.14. The maximum atomic E-state index is 11.9. The van der Waals surface area contributed by atoms with Gasteiger partial charge in [-0.1, -0.05) is 23.8 Å². The lowest BCUT2D eigenvalue weighted by Gasteiger charge is -2.05. The summed E-state index contributed by atoms with van der Waals surface area (Å²) in [5.74, 6) is 1.09. The minimum Gasteiger partial charge on any atom is -0.360 e. The van der Waals surface area contributed by atoms with Crippen LogP contribution in [0.3, 0.4) is 0 Å². The number of anilines is 1. The molecule has 0 saturated carbocycles. The molecule has 0 aliphatic carbocycles. The van der Waals surface area contributed by atoms with Crippen LogP contribution in [0.1, 0.15) is 18.4 Å². The van der Waals surface area contributed by atoms with Crippen molar-refractivity contribution in [3.8, 4) is 0 Å². The van der Waals surface area contributed by atoms with Gasteiger partial charge in [-0.05, 0) is 13.3 Å². The van der Waals surface area contributed by atoms with Gasteiger partial charge in [-0.15, -0.1) is 10.2 Å². The molecule has 0 atom stereocenters. The molecule has 114 valence electrons. The summed E-state index contributed by atoms with van der Waals surface area (Å²) in [5.41, 5.74) is 1.64. The number of thioether (sulfide) groups is 1. The second kappa shape index (κ2) is 6.14. The van der Waals surface area contributed by atoms with Gasteiger partial charge in [-0.2, -0.15) is 0 Å². The van der Waals surface area contributed by atoms with Crippen LogP contribution in [0, 0.1) is 6.92 Å². The van der Waals surface area contributed by atoms with Gasteiger partial charge >= 0.3 is 0 Å². The Balaban J connectivity index is 1.70. The van der Waals surface area contributed by atoms with Crippen LogP contribution in [0.25, 0.3) is 5.65 Å². The van der Waals surface area contributed by atoms with Gasteiger partial charge in [0.1, 0.15) is 12.1 Å². The number of hydrogen-bond donors (Lipinski definition) is 1. The third-order valence-electron chi connectivity index (χ3n) is 2.91. The highest BCUT2D eigenvalue weighted by Crippen LogP contribution is 2.18. The molecule has 0 fully saturated rings. The average molecular weight is 318 g/mol. The Hall–Kier alpha value is -2.42. The van der Waals surface area contributed by atoms with Gasteiger partial charge in [0, 0.05) is 17.8 Å². The summed E-state index contributed by atoms with van der Waals surface area (Å²) in [5, 5.41) is 15.0. The zero-order chi connectivity index (χ0) is 15.5. The van der Waals surface area contributed by atoms with E-state index in [2.05, 4.69) is 25.7 Å². The predicted molar refractivity (Wildman–Crippen MR) is 80.8 cm³/mol. The van der Waals surface area contributed by atoms with Crippen LogP contribution in [0.15, 0.2) is 28.1 Å². The molecular weight excluding hydrogens is 304 g/mol. The Kier molecular flexibility index (Phi) is 4.05. The number of carbonyl (C=O) groups is 1. The van der Waals surface area contributed by atoms with E-state index in [1.54, 1.807) is 23.7 Å². The van der Waals surface area contributed by atoms with Crippen molar-refractivity contribution in [3.05, 3.63) is 29.9 Å². The Morgan fingerprint density at radius 1 is 1.45 bits per heavy atom. The maximum absolute atomic E-state index is 11.9. The molecule has 0 aliphatic heterocycles. The van der Waals surface area contributed by atoms with Crippen LogP contribution >= 0.6 is 11.8 Å². The van der Waals surface area contributed by atoms with Crippen molar-refractivity contribution < 1.29 is 9.32 Å². The fourth-order valence-corrected chi connectivity index (χ4v) is 2.66. The van der Waals surface area contributed by atoms with Gasteiger partial charge in [0.2, 0.25) is 5.91 Å². The van der Waals surface area contributed by atoms with Gasteiger partial charge in [-0.3, -0.25) is 9.20 Å². The molecule has 9 heteroatoms. The predicted octanol–water partition coefficient (Wildman–Crippen LogP) is 1.71. The van der Waals surface area contributed by atoms with Gasteiger partial charge in [0.15, 0.2) is 16.6 Å². The molecule has 0 aromatic carbocycles. The molecule has 0 unspecified atom stereocenters. The van der Waals surface area contributed by atoms with Gasteiger partial charge in [0.25, 0.3) is 0 Å². The number of carbonyl (C=O) groups excluding carboxylic acids is 1. The Labute approximate surface area is 130 Å². The third-order valence-corrected chi connectivity index (χ3v) is 3.86. The van der Waals surface area contributed by atoms with Crippen molar-refractivity contribution in [2.75, 3.05) is 11.1 Å². The summed E-state index contributed by atoms with van der Waals surface area (Å²) in [6, 6.07) is 3.55. The normalized spacial score (nSPS) is 11.0. The number of amides is 1. The summed E-state index contributed by atoms with van der Waals surface area (Å²) in [6.07, 6.45) is 2.38. The number of nitrogens with zero attached hydrogens (tertiary/aromatic N) is 5. The van der Waals surface area contributed by atoms with E-state index in [0.29, 0.717) is 16.7 Å². The van der Waals surface area contributed by atoms with Gasteiger partial charge in [0.05, 0.1) is 5.75 Å². The molecule has 0 saturated heterocycles. The molecule has 3 aromatic rings. The molecule has 3 aromatic heterocycles. The first-order valence-electron chi connectivity index (χ1n) is 6.71. The van der Waals surface area contributed by atoms with Crippen LogP contribution in [0.5, 0.6) is 0 Å². The number of aryl methyl sites for hydroxylation is 2. The Bertz CT molecular complexity index is 812. The molecular formula is C13H14N6O2S. The average Bonchev–Trinajstić information content (AvgIpc) is 3.13. The standard InChI is InChI=1S/C13H14N6O2S/c1-3-9-5-11-17-14-7-19(11)13(15-9)22-6-12(20)16-10-4-8(2)21-18-10/h4-5,7H,3,6H2,1-2H3,(H,16,18,20). The van der Waals surface area contributed by atoms with Crippen molar-refractivity contribution in [3.63, 3.8) is 0 Å². The molecule has 1 N–H and O–H groups in total. The minimum absolute atomic E-state index is 0.178. The first-order chi connectivity index (χ1) is 10.7. The van der Waals surface area contributed by atoms with Gasteiger partial charge < -0.3 is 9.84 Å². The van der Waals surface area contributed by atoms with Crippen molar-refractivity contribution >= 4 is 29.1 Å². The van der Waals surface area contributed by atoms with Crippen molar-refractivity contribution in [1.29, 1.82) is 0 Å². The molecule has 0 radical (unpaired) electrons. The van der Waals surface area contributed by atoms with Crippen molar-refractivity contribution in [2.45, 2.75) is 25.4 Å². The second-order valence-corrected chi connectivity index (χ2v) is 5.54. The van der Waals surface area contributed by atoms with Crippen molar-refractivity contribution in [2.24, 2.45) is 0 Å². The van der Waals surface area contributed by atoms with E-state index in [1.807, 2.05) is 13.0 Å².